The summed E-state index contributed by atoms with van der Waals surface area (Å²) in [5.41, 5.74) is 0.800. The number of nitrogens with one attached hydrogen (secondary N) is 1. The molecule has 0 aliphatic rings. The zero-order chi connectivity index (χ0) is 13.6. The third-order valence-corrected chi connectivity index (χ3v) is 3.69. The molecule has 100 valence electrons. The Balaban J connectivity index is 2.57. The van der Waals surface area contributed by atoms with Crippen LogP contribution in [0.25, 0.3) is 6.08 Å². The molecule has 0 heterocycles. The van der Waals surface area contributed by atoms with Crippen molar-refractivity contribution in [2.75, 3.05) is 6.54 Å². The van der Waals surface area contributed by atoms with E-state index in [1.807, 2.05) is 0 Å². The molecule has 3 nitrogen and oxygen atoms in total. The van der Waals surface area contributed by atoms with E-state index >= 15 is 0 Å². The van der Waals surface area contributed by atoms with Gasteiger partial charge in [0.05, 0.1) is 0 Å². The summed E-state index contributed by atoms with van der Waals surface area (Å²) in [5, 5.41) is 1.81. The zero-order valence-corrected chi connectivity index (χ0v) is 12.1. The molecule has 0 radical (unpaired) electrons. The van der Waals surface area contributed by atoms with E-state index < -0.39 is 10.0 Å². The van der Waals surface area contributed by atoms with Crippen molar-refractivity contribution in [3.63, 3.8) is 0 Å². The van der Waals surface area contributed by atoms with Crippen LogP contribution in [0.5, 0.6) is 0 Å². The van der Waals surface area contributed by atoms with E-state index in [4.69, 9.17) is 11.6 Å². The van der Waals surface area contributed by atoms with Crippen LogP contribution < -0.4 is 4.72 Å². The first kappa shape index (κ1) is 15.2. The predicted molar refractivity (Wildman–Crippen MR) is 76.9 cm³/mol. The molecule has 0 unspecified atom stereocenters. The summed E-state index contributed by atoms with van der Waals surface area (Å²) in [6.45, 7) is 4.57. The molecule has 0 bridgehead atoms. The van der Waals surface area contributed by atoms with Crippen LogP contribution in [0.3, 0.4) is 0 Å². The molecule has 0 amide bonds. The summed E-state index contributed by atoms with van der Waals surface area (Å²) >= 11 is 5.75. The van der Waals surface area contributed by atoms with E-state index in [0.717, 1.165) is 12.0 Å². The van der Waals surface area contributed by atoms with Crippen LogP contribution in [0.1, 0.15) is 25.8 Å². The number of benzene rings is 1. The normalized spacial score (nSPS) is 12.4. The Labute approximate surface area is 114 Å². The second-order valence-electron chi connectivity index (χ2n) is 4.48. The summed E-state index contributed by atoms with van der Waals surface area (Å²) < 4.78 is 25.8. The number of hydrogen-bond acceptors (Lipinski definition) is 2. The van der Waals surface area contributed by atoms with Crippen LogP contribution in [0.15, 0.2) is 29.7 Å². The molecule has 0 aliphatic carbocycles. The Morgan fingerprint density at radius 2 is 1.89 bits per heavy atom. The maximum absolute atomic E-state index is 11.6. The van der Waals surface area contributed by atoms with Gasteiger partial charge in [-0.25, -0.2) is 13.1 Å². The highest BCUT2D eigenvalue weighted by Crippen LogP contribution is 2.11. The lowest BCUT2D eigenvalue weighted by molar-refractivity contribution is 0.557. The molecular weight excluding hydrogens is 270 g/mol. The van der Waals surface area contributed by atoms with Gasteiger partial charge in [-0.3, -0.25) is 0 Å². The highest BCUT2D eigenvalue weighted by molar-refractivity contribution is 7.92. The Hall–Kier alpha value is -0.840. The van der Waals surface area contributed by atoms with Crippen LogP contribution in [0.4, 0.5) is 0 Å². The Kier molecular flexibility index (Phi) is 5.85. The van der Waals surface area contributed by atoms with Gasteiger partial charge in [0.25, 0.3) is 0 Å². The van der Waals surface area contributed by atoms with Gasteiger partial charge >= 0.3 is 0 Å². The number of hydrogen-bond donors (Lipinski definition) is 1. The number of halogens is 1. The zero-order valence-electron chi connectivity index (χ0n) is 10.6. The van der Waals surface area contributed by atoms with E-state index in [1.54, 1.807) is 30.3 Å². The van der Waals surface area contributed by atoms with Gasteiger partial charge in [-0.1, -0.05) is 37.6 Å². The molecule has 0 aromatic heterocycles. The van der Waals surface area contributed by atoms with Crippen LogP contribution in [-0.2, 0) is 10.0 Å². The topological polar surface area (TPSA) is 46.2 Å². The van der Waals surface area contributed by atoms with Crippen LogP contribution in [0.2, 0.25) is 5.02 Å². The van der Waals surface area contributed by atoms with Gasteiger partial charge in [-0.15, -0.1) is 0 Å². The van der Waals surface area contributed by atoms with Crippen molar-refractivity contribution >= 4 is 27.7 Å². The van der Waals surface area contributed by atoms with Gasteiger partial charge < -0.3 is 0 Å². The lowest BCUT2D eigenvalue weighted by Gasteiger charge is -2.05. The number of sulfonamides is 1. The van der Waals surface area contributed by atoms with Crippen LogP contribution >= 0.6 is 11.6 Å². The van der Waals surface area contributed by atoms with Crippen LogP contribution in [0, 0.1) is 5.92 Å². The first-order valence-electron chi connectivity index (χ1n) is 5.82. The maximum atomic E-state index is 11.6. The van der Waals surface area contributed by atoms with Crippen molar-refractivity contribution in [2.24, 2.45) is 5.92 Å². The summed E-state index contributed by atoms with van der Waals surface area (Å²) in [7, 11) is -3.35. The highest BCUT2D eigenvalue weighted by atomic mass is 35.5. The van der Waals surface area contributed by atoms with Gasteiger partial charge in [-0.05, 0) is 36.1 Å². The van der Waals surface area contributed by atoms with Gasteiger partial charge in [0.15, 0.2) is 0 Å². The molecule has 0 saturated carbocycles. The minimum atomic E-state index is -3.35. The monoisotopic (exact) mass is 287 g/mol. The summed E-state index contributed by atoms with van der Waals surface area (Å²) in [6, 6.07) is 6.98. The van der Waals surface area contributed by atoms with E-state index in [9.17, 15) is 8.42 Å². The standard InChI is InChI=1S/C13H18ClNO2S/c1-11(2)7-9-15-18(16,17)10-8-12-3-5-13(14)6-4-12/h3-6,8,10-11,15H,7,9H2,1-2H3/b10-8+. The molecule has 0 spiro atoms. The smallest absolute Gasteiger partial charge is 0.212 e. The summed E-state index contributed by atoms with van der Waals surface area (Å²) in [4.78, 5) is 0. The van der Waals surface area contributed by atoms with Crippen molar-refractivity contribution in [1.29, 1.82) is 0 Å². The van der Waals surface area contributed by atoms with Gasteiger partial charge in [0.2, 0.25) is 10.0 Å². The van der Waals surface area contributed by atoms with Crippen molar-refractivity contribution in [1.82, 2.24) is 4.72 Å². The third kappa shape index (κ3) is 6.19. The van der Waals surface area contributed by atoms with E-state index in [-0.39, 0.29) is 0 Å². The van der Waals surface area contributed by atoms with E-state index in [2.05, 4.69) is 18.6 Å². The fourth-order valence-electron chi connectivity index (χ4n) is 1.28. The molecule has 1 rings (SSSR count). The third-order valence-electron chi connectivity index (χ3n) is 2.33. The minimum Gasteiger partial charge on any atom is -0.212 e. The molecule has 1 N–H and O–H groups in total. The first-order chi connectivity index (χ1) is 8.39. The van der Waals surface area contributed by atoms with Crippen molar-refractivity contribution in [3.8, 4) is 0 Å². The predicted octanol–water partition coefficient (Wildman–Crippen LogP) is 3.28. The SMILES string of the molecule is CC(C)CCNS(=O)(=O)/C=C/c1ccc(Cl)cc1. The highest BCUT2D eigenvalue weighted by Gasteiger charge is 2.04. The van der Waals surface area contributed by atoms with Crippen molar-refractivity contribution < 1.29 is 8.42 Å². The Bertz CT molecular complexity index is 492. The quantitative estimate of drug-likeness (QED) is 0.873. The molecule has 18 heavy (non-hydrogen) atoms. The van der Waals surface area contributed by atoms with Crippen molar-refractivity contribution in [2.45, 2.75) is 20.3 Å². The van der Waals surface area contributed by atoms with E-state index in [0.29, 0.717) is 17.5 Å². The molecular formula is C13H18ClNO2S. The molecule has 0 fully saturated rings. The number of rotatable bonds is 6. The Morgan fingerprint density at radius 3 is 2.44 bits per heavy atom. The molecule has 1 aromatic rings. The van der Waals surface area contributed by atoms with Gasteiger partial charge in [0.1, 0.15) is 0 Å². The minimum absolute atomic E-state index is 0.463. The Morgan fingerprint density at radius 1 is 1.28 bits per heavy atom. The largest absolute Gasteiger partial charge is 0.233 e. The molecule has 5 heteroatoms. The summed E-state index contributed by atoms with van der Waals surface area (Å²) in [6.07, 6.45) is 2.38. The molecule has 0 aliphatic heterocycles. The van der Waals surface area contributed by atoms with Gasteiger partial charge in [0, 0.05) is 17.0 Å². The second kappa shape index (κ2) is 6.92. The van der Waals surface area contributed by atoms with E-state index in [1.165, 1.54) is 5.41 Å². The summed E-state index contributed by atoms with van der Waals surface area (Å²) in [5.74, 6) is 0.480. The maximum Gasteiger partial charge on any atom is 0.233 e. The lowest BCUT2D eigenvalue weighted by Crippen LogP contribution is -2.23. The fraction of sp³-hybridized carbons (Fsp3) is 0.385. The van der Waals surface area contributed by atoms with Gasteiger partial charge in [-0.2, -0.15) is 0 Å². The van der Waals surface area contributed by atoms with Crippen LogP contribution in [-0.4, -0.2) is 15.0 Å². The fourth-order valence-corrected chi connectivity index (χ4v) is 2.24. The lowest BCUT2D eigenvalue weighted by atomic mass is 10.1. The van der Waals surface area contributed by atoms with Crippen molar-refractivity contribution in [3.05, 3.63) is 40.3 Å². The molecule has 0 saturated heterocycles. The average molecular weight is 288 g/mol. The molecule has 0 atom stereocenters. The molecule has 1 aromatic carbocycles. The first-order valence-corrected chi connectivity index (χ1v) is 7.75. The second-order valence-corrected chi connectivity index (χ2v) is 6.56. The average Bonchev–Trinajstić information content (AvgIpc) is 2.27.